The summed E-state index contributed by atoms with van der Waals surface area (Å²) in [4.78, 5) is 18.8. The van der Waals surface area contributed by atoms with E-state index in [-0.39, 0.29) is 23.9 Å². The third kappa shape index (κ3) is 3.82. The summed E-state index contributed by atoms with van der Waals surface area (Å²) in [5.74, 6) is -0.272. The molecule has 0 bridgehead atoms. The van der Waals surface area contributed by atoms with Crippen molar-refractivity contribution < 1.29 is 9.90 Å². The van der Waals surface area contributed by atoms with E-state index < -0.39 is 5.97 Å². The van der Waals surface area contributed by atoms with Gasteiger partial charge in [0.25, 0.3) is 0 Å². The van der Waals surface area contributed by atoms with E-state index in [1.54, 1.807) is 25.1 Å². The minimum atomic E-state index is -0.975. The molecule has 0 saturated carbocycles. The first-order chi connectivity index (χ1) is 8.54. The maximum absolute atomic E-state index is 10.8. The summed E-state index contributed by atoms with van der Waals surface area (Å²) in [6, 6.07) is 8.18. The number of hydrogen-bond donors (Lipinski definition) is 3. The molecule has 6 nitrogen and oxygen atoms in total. The molecular formula is C12H13ClN4O2. The van der Waals surface area contributed by atoms with Gasteiger partial charge in [0.05, 0.1) is 5.56 Å². The van der Waals surface area contributed by atoms with Crippen molar-refractivity contribution in [1.82, 2.24) is 9.97 Å². The molecule has 0 unspecified atom stereocenters. The molecule has 0 spiro atoms. The number of aromatic nitrogens is 2. The van der Waals surface area contributed by atoms with Crippen LogP contribution in [0.2, 0.25) is 0 Å². The lowest BCUT2D eigenvalue weighted by Crippen LogP contribution is -2.02. The first kappa shape index (κ1) is 14.7. The number of carbonyl (C=O) groups is 1. The predicted octanol–water partition coefficient (Wildman–Crippen LogP) is 2.23. The molecule has 0 aliphatic heterocycles. The van der Waals surface area contributed by atoms with Crippen LogP contribution in [0, 0.1) is 6.92 Å². The van der Waals surface area contributed by atoms with Crippen LogP contribution < -0.4 is 11.1 Å². The number of rotatable bonds is 3. The highest BCUT2D eigenvalue weighted by atomic mass is 35.5. The van der Waals surface area contributed by atoms with Crippen LogP contribution in [0.15, 0.2) is 30.3 Å². The van der Waals surface area contributed by atoms with Crippen molar-refractivity contribution >= 4 is 35.8 Å². The van der Waals surface area contributed by atoms with Crippen LogP contribution in [-0.4, -0.2) is 21.0 Å². The Morgan fingerprint density at radius 2 is 2.05 bits per heavy atom. The van der Waals surface area contributed by atoms with Crippen LogP contribution in [0.5, 0.6) is 0 Å². The Hall–Kier alpha value is -2.34. The zero-order chi connectivity index (χ0) is 13.1. The van der Waals surface area contributed by atoms with Gasteiger partial charge >= 0.3 is 5.97 Å². The van der Waals surface area contributed by atoms with E-state index in [4.69, 9.17) is 10.8 Å². The van der Waals surface area contributed by atoms with Crippen molar-refractivity contribution in [3.63, 3.8) is 0 Å². The number of aromatic carboxylic acids is 1. The Morgan fingerprint density at radius 1 is 1.32 bits per heavy atom. The molecule has 0 amide bonds. The number of halogens is 1. The fourth-order valence-electron chi connectivity index (χ4n) is 1.53. The zero-order valence-corrected chi connectivity index (χ0v) is 10.9. The number of nitrogens with two attached hydrogens (primary N) is 1. The Morgan fingerprint density at radius 3 is 2.68 bits per heavy atom. The van der Waals surface area contributed by atoms with E-state index >= 15 is 0 Å². The number of anilines is 3. The molecule has 100 valence electrons. The highest BCUT2D eigenvalue weighted by Gasteiger charge is 2.04. The van der Waals surface area contributed by atoms with Crippen molar-refractivity contribution in [2.45, 2.75) is 6.92 Å². The van der Waals surface area contributed by atoms with Crippen LogP contribution in [0.25, 0.3) is 0 Å². The monoisotopic (exact) mass is 280 g/mol. The average Bonchev–Trinajstić information content (AvgIpc) is 2.27. The summed E-state index contributed by atoms with van der Waals surface area (Å²) in [6.45, 7) is 1.80. The van der Waals surface area contributed by atoms with Crippen LogP contribution in [0.3, 0.4) is 0 Å². The topological polar surface area (TPSA) is 101 Å². The van der Waals surface area contributed by atoms with Gasteiger partial charge in [-0.25, -0.2) is 9.78 Å². The second-order valence-corrected chi connectivity index (χ2v) is 3.76. The van der Waals surface area contributed by atoms with E-state index in [9.17, 15) is 4.79 Å². The summed E-state index contributed by atoms with van der Waals surface area (Å²) in [7, 11) is 0. The van der Waals surface area contributed by atoms with Gasteiger partial charge in [0.2, 0.25) is 5.95 Å². The number of aryl methyl sites for hydroxylation is 1. The lowest BCUT2D eigenvalue weighted by atomic mass is 10.2. The molecule has 1 aromatic heterocycles. The van der Waals surface area contributed by atoms with E-state index in [0.717, 1.165) is 5.69 Å². The normalized spacial score (nSPS) is 9.53. The summed E-state index contributed by atoms with van der Waals surface area (Å²) in [5.41, 5.74) is 7.11. The molecule has 0 aliphatic carbocycles. The molecule has 1 heterocycles. The van der Waals surface area contributed by atoms with Gasteiger partial charge in [-0.05, 0) is 25.1 Å². The molecular weight excluding hydrogens is 268 g/mol. The second kappa shape index (κ2) is 6.01. The maximum atomic E-state index is 10.8. The molecule has 19 heavy (non-hydrogen) atoms. The van der Waals surface area contributed by atoms with Gasteiger partial charge in [-0.15, -0.1) is 12.4 Å². The Balaban J connectivity index is 0.00000180. The summed E-state index contributed by atoms with van der Waals surface area (Å²) < 4.78 is 0. The molecule has 2 aromatic rings. The van der Waals surface area contributed by atoms with Crippen molar-refractivity contribution in [2.24, 2.45) is 0 Å². The molecule has 2 rings (SSSR count). The van der Waals surface area contributed by atoms with Gasteiger partial charge in [-0.2, -0.15) is 4.98 Å². The lowest BCUT2D eigenvalue weighted by molar-refractivity contribution is 0.0697. The predicted molar refractivity (Wildman–Crippen MR) is 75.1 cm³/mol. The Bertz CT molecular complexity index is 584. The highest BCUT2D eigenvalue weighted by Crippen LogP contribution is 2.17. The standard InChI is InChI=1S/C12H12N4O2.ClH/c1-7-5-10(16-12(13)14-7)15-9-4-2-3-8(6-9)11(17)18;/h2-6H,1H3,(H,17,18)(H3,13,14,15,16);1H. The molecule has 0 radical (unpaired) electrons. The van der Waals surface area contributed by atoms with E-state index in [1.165, 1.54) is 12.1 Å². The number of nitrogens with one attached hydrogen (secondary N) is 1. The van der Waals surface area contributed by atoms with Crippen molar-refractivity contribution in [1.29, 1.82) is 0 Å². The SMILES string of the molecule is Cc1cc(Nc2cccc(C(=O)O)c2)nc(N)n1.Cl. The average molecular weight is 281 g/mol. The molecule has 0 fully saturated rings. The first-order valence-electron chi connectivity index (χ1n) is 5.26. The quantitative estimate of drug-likeness (QED) is 0.797. The van der Waals surface area contributed by atoms with Gasteiger partial charge in [-0.1, -0.05) is 6.07 Å². The fraction of sp³-hybridized carbons (Fsp3) is 0.0833. The summed E-state index contributed by atoms with van der Waals surface area (Å²) in [5, 5.41) is 11.9. The number of hydrogen-bond acceptors (Lipinski definition) is 5. The van der Waals surface area contributed by atoms with Crippen molar-refractivity contribution in [3.8, 4) is 0 Å². The number of nitrogen functional groups attached to an aromatic ring is 1. The maximum Gasteiger partial charge on any atom is 0.335 e. The molecule has 1 aromatic carbocycles. The van der Waals surface area contributed by atoms with Crippen molar-refractivity contribution in [3.05, 3.63) is 41.6 Å². The van der Waals surface area contributed by atoms with Crippen molar-refractivity contribution in [2.75, 3.05) is 11.1 Å². The number of benzene rings is 1. The molecule has 0 saturated heterocycles. The van der Waals surface area contributed by atoms with Gasteiger partial charge in [-0.3, -0.25) is 0 Å². The molecule has 0 aliphatic rings. The van der Waals surface area contributed by atoms with E-state index in [2.05, 4.69) is 15.3 Å². The molecule has 4 N–H and O–H groups in total. The van der Waals surface area contributed by atoms with E-state index in [0.29, 0.717) is 11.5 Å². The molecule has 7 heteroatoms. The fourth-order valence-corrected chi connectivity index (χ4v) is 1.53. The van der Waals surface area contributed by atoms with Crippen LogP contribution >= 0.6 is 12.4 Å². The van der Waals surface area contributed by atoms with Crippen LogP contribution in [0.1, 0.15) is 16.1 Å². The minimum Gasteiger partial charge on any atom is -0.478 e. The number of carboxylic acid groups (broad SMARTS) is 1. The minimum absolute atomic E-state index is 0. The van der Waals surface area contributed by atoms with Gasteiger partial charge in [0.15, 0.2) is 0 Å². The van der Waals surface area contributed by atoms with E-state index in [1.807, 2.05) is 0 Å². The Kier molecular flexibility index (Phi) is 4.66. The summed E-state index contributed by atoms with van der Waals surface area (Å²) in [6.07, 6.45) is 0. The van der Waals surface area contributed by atoms with Crippen LogP contribution in [-0.2, 0) is 0 Å². The lowest BCUT2D eigenvalue weighted by Gasteiger charge is -2.07. The van der Waals surface area contributed by atoms with Gasteiger partial charge in [0.1, 0.15) is 5.82 Å². The Labute approximate surface area is 116 Å². The number of nitrogens with zero attached hydrogens (tertiary/aromatic N) is 2. The van der Waals surface area contributed by atoms with Gasteiger partial charge in [0, 0.05) is 17.4 Å². The summed E-state index contributed by atoms with van der Waals surface area (Å²) >= 11 is 0. The number of carboxylic acids is 1. The third-order valence-electron chi connectivity index (χ3n) is 2.25. The second-order valence-electron chi connectivity index (χ2n) is 3.76. The first-order valence-corrected chi connectivity index (χ1v) is 5.26. The largest absolute Gasteiger partial charge is 0.478 e. The molecule has 0 atom stereocenters. The smallest absolute Gasteiger partial charge is 0.335 e. The highest BCUT2D eigenvalue weighted by molar-refractivity contribution is 5.89. The van der Waals surface area contributed by atoms with Crippen LogP contribution in [0.4, 0.5) is 17.5 Å². The zero-order valence-electron chi connectivity index (χ0n) is 10.1. The third-order valence-corrected chi connectivity index (χ3v) is 2.25. The van der Waals surface area contributed by atoms with Gasteiger partial charge < -0.3 is 16.2 Å².